The zero-order chi connectivity index (χ0) is 22.6. The molecule has 0 aliphatic carbocycles. The number of anilines is 1. The molecule has 1 aliphatic rings. The van der Waals surface area contributed by atoms with Crippen molar-refractivity contribution in [1.29, 1.82) is 5.26 Å². The van der Waals surface area contributed by atoms with Gasteiger partial charge in [-0.1, -0.05) is 0 Å². The highest BCUT2D eigenvalue weighted by atomic mass is 31.2. The lowest BCUT2D eigenvalue weighted by Gasteiger charge is -2.35. The lowest BCUT2D eigenvalue weighted by molar-refractivity contribution is -0.0534. The molecule has 1 unspecified atom stereocenters. The van der Waals surface area contributed by atoms with Crippen molar-refractivity contribution in [3.63, 3.8) is 0 Å². The average Bonchev–Trinajstić information content (AvgIpc) is 2.92. The highest BCUT2D eigenvalue weighted by molar-refractivity contribution is 7.63. The first-order valence-electron chi connectivity index (χ1n) is 9.79. The Morgan fingerprint density at radius 1 is 1.37 bits per heavy atom. The van der Waals surface area contributed by atoms with Gasteiger partial charge in [0.1, 0.15) is 36.9 Å². The second-order valence-electron chi connectivity index (χ2n) is 7.75. The van der Waals surface area contributed by atoms with Gasteiger partial charge in [0, 0.05) is 18.3 Å². The Balaban J connectivity index is 2.19. The van der Waals surface area contributed by atoms with Crippen molar-refractivity contribution in [2.75, 3.05) is 18.5 Å². The number of nitrogens with two attached hydrogens (primary N) is 1. The van der Waals surface area contributed by atoms with E-state index >= 15 is 0 Å². The summed E-state index contributed by atoms with van der Waals surface area (Å²) in [7, 11) is -3.17. The van der Waals surface area contributed by atoms with Gasteiger partial charge in [0.2, 0.25) is 0 Å². The number of aromatic nitrogens is 2. The normalized spacial score (nSPS) is 26.3. The van der Waals surface area contributed by atoms with Crippen LogP contribution in [0.3, 0.4) is 0 Å². The minimum Gasteiger partial charge on any atom is -0.387 e. The second-order valence-corrected chi connectivity index (χ2v) is 10.2. The predicted octanol–water partition coefficient (Wildman–Crippen LogP) is 0.249. The summed E-state index contributed by atoms with van der Waals surface area (Å²) >= 11 is 0. The van der Waals surface area contributed by atoms with Gasteiger partial charge in [-0.15, -0.1) is 4.67 Å². The monoisotopic (exact) mass is 444 g/mol. The van der Waals surface area contributed by atoms with Crippen molar-refractivity contribution in [2.24, 2.45) is 0 Å². The summed E-state index contributed by atoms with van der Waals surface area (Å²) in [5.74, 6) is 0.0268. The van der Waals surface area contributed by atoms with E-state index in [1.54, 1.807) is 0 Å². The summed E-state index contributed by atoms with van der Waals surface area (Å²) in [6.07, 6.45) is -3.37. The van der Waals surface area contributed by atoms with Crippen LogP contribution in [-0.4, -0.2) is 72.5 Å². The third-order valence-electron chi connectivity index (χ3n) is 4.84. The molecular weight excluding hydrogens is 413 g/mol. The Kier molecular flexibility index (Phi) is 8.30. The van der Waals surface area contributed by atoms with Crippen LogP contribution in [0.15, 0.2) is 17.1 Å². The Morgan fingerprint density at radius 3 is 2.53 bits per heavy atom. The van der Waals surface area contributed by atoms with E-state index in [0.717, 1.165) is 4.57 Å². The largest absolute Gasteiger partial charge is 0.387 e. The van der Waals surface area contributed by atoms with Crippen LogP contribution in [0.2, 0.25) is 0 Å². The molecule has 0 amide bonds. The van der Waals surface area contributed by atoms with Gasteiger partial charge in [0.15, 0.2) is 6.23 Å². The number of hydrogen-bond acceptors (Lipinski definition) is 10. The Morgan fingerprint density at radius 2 is 2.00 bits per heavy atom. The molecule has 0 aromatic carbocycles. The molecule has 0 spiro atoms. The number of nitrogens with zero attached hydrogens (tertiary/aromatic N) is 4. The van der Waals surface area contributed by atoms with Crippen molar-refractivity contribution in [3.05, 3.63) is 22.7 Å². The van der Waals surface area contributed by atoms with E-state index in [1.807, 2.05) is 38.4 Å². The van der Waals surface area contributed by atoms with Gasteiger partial charge in [-0.3, -0.25) is 4.57 Å². The van der Waals surface area contributed by atoms with Crippen molar-refractivity contribution in [2.45, 2.75) is 70.7 Å². The molecule has 0 bridgehead atoms. The maximum absolute atomic E-state index is 12.1. The fourth-order valence-electron chi connectivity index (χ4n) is 3.67. The summed E-state index contributed by atoms with van der Waals surface area (Å²) in [4.78, 5) is 26.9. The number of rotatable bonds is 9. The third kappa shape index (κ3) is 5.34. The van der Waals surface area contributed by atoms with Crippen molar-refractivity contribution < 1.29 is 24.4 Å². The van der Waals surface area contributed by atoms with Crippen LogP contribution in [0.4, 0.5) is 5.82 Å². The van der Waals surface area contributed by atoms with E-state index in [0.29, 0.717) is 0 Å². The van der Waals surface area contributed by atoms with Crippen LogP contribution < -0.4 is 11.4 Å². The molecule has 1 aliphatic heterocycles. The molecule has 30 heavy (non-hydrogen) atoms. The average molecular weight is 444 g/mol. The van der Waals surface area contributed by atoms with E-state index in [9.17, 15) is 19.9 Å². The fourth-order valence-corrected chi connectivity index (χ4v) is 6.38. The lowest BCUT2D eigenvalue weighted by Crippen LogP contribution is -2.40. The number of aliphatic hydroxyl groups excluding tert-OH is 2. The van der Waals surface area contributed by atoms with Gasteiger partial charge in [0.05, 0.1) is 12.5 Å². The first kappa shape index (κ1) is 24.6. The molecule has 0 saturated carbocycles. The van der Waals surface area contributed by atoms with Crippen LogP contribution in [-0.2, 0) is 9.26 Å². The lowest BCUT2D eigenvalue weighted by atomic mass is 10.1. The smallest absolute Gasteiger partial charge is 0.351 e. The van der Waals surface area contributed by atoms with E-state index in [1.165, 1.54) is 12.3 Å². The maximum Gasteiger partial charge on any atom is 0.351 e. The van der Waals surface area contributed by atoms with Crippen LogP contribution in [0.5, 0.6) is 0 Å². The molecule has 1 aromatic rings. The van der Waals surface area contributed by atoms with E-state index in [2.05, 4.69) is 4.98 Å². The molecule has 168 valence electrons. The highest BCUT2D eigenvalue weighted by Gasteiger charge is 2.51. The van der Waals surface area contributed by atoms with Crippen LogP contribution in [0.1, 0.15) is 40.3 Å². The third-order valence-corrected chi connectivity index (χ3v) is 7.86. The van der Waals surface area contributed by atoms with Gasteiger partial charge < -0.3 is 20.7 Å². The summed E-state index contributed by atoms with van der Waals surface area (Å²) in [6, 6.07) is 3.31. The summed E-state index contributed by atoms with van der Waals surface area (Å²) in [6.45, 7) is 7.45. The van der Waals surface area contributed by atoms with E-state index < -0.39 is 38.1 Å². The predicted molar refractivity (Wildman–Crippen MR) is 111 cm³/mol. The number of nitriles is 1. The molecule has 2 heterocycles. The quantitative estimate of drug-likeness (QED) is 0.388. The molecule has 0 radical (unpaired) electrons. The second kappa shape index (κ2) is 10.1. The number of ether oxygens (including phenoxy) is 1. The number of nitrogen functional groups attached to an aromatic ring is 1. The molecule has 5 N–H and O–H groups in total. The topological polar surface area (TPSA) is 167 Å². The van der Waals surface area contributed by atoms with E-state index in [-0.39, 0.29) is 37.1 Å². The van der Waals surface area contributed by atoms with Crippen LogP contribution >= 0.6 is 7.87 Å². The Bertz CT molecular complexity index is 807. The first-order chi connectivity index (χ1) is 14.0. The van der Waals surface area contributed by atoms with Crippen molar-refractivity contribution in [3.8, 4) is 6.07 Å². The first-order valence-corrected chi connectivity index (χ1v) is 11.6. The number of hydrogen-bond donors (Lipinski definition) is 4. The fraction of sp³-hybridized carbons (Fsp3) is 0.722. The van der Waals surface area contributed by atoms with Gasteiger partial charge in [0.25, 0.3) is 0 Å². The van der Waals surface area contributed by atoms with Gasteiger partial charge in [-0.2, -0.15) is 14.8 Å². The maximum atomic E-state index is 12.1. The molecule has 12 heteroatoms. The molecule has 11 nitrogen and oxygen atoms in total. The molecule has 1 aromatic heterocycles. The summed E-state index contributed by atoms with van der Waals surface area (Å²) < 4.78 is 14.4. The van der Waals surface area contributed by atoms with Crippen LogP contribution in [0, 0.1) is 11.3 Å². The summed E-state index contributed by atoms with van der Waals surface area (Å²) in [5.41, 5.74) is 4.75. The molecular formula is C18H31N5O6P+. The molecule has 1 fully saturated rings. The van der Waals surface area contributed by atoms with Gasteiger partial charge >= 0.3 is 13.6 Å². The highest BCUT2D eigenvalue weighted by Crippen LogP contribution is 2.61. The number of aliphatic hydroxyl groups is 2. The SMILES string of the molecule is CC(C)N(C(C)C)[P+](O)(CCC#N)OC[C@H]1O[C@@H](n2ccc(N)nc2=O)[C@H](O)[C@@H]1O. The molecule has 1 saturated heterocycles. The van der Waals surface area contributed by atoms with Gasteiger partial charge in [-0.05, 0) is 33.8 Å². The van der Waals surface area contributed by atoms with Crippen LogP contribution in [0.25, 0.3) is 0 Å². The van der Waals surface area contributed by atoms with Gasteiger partial charge in [-0.25, -0.2) is 9.69 Å². The van der Waals surface area contributed by atoms with Crippen molar-refractivity contribution in [1.82, 2.24) is 14.2 Å². The zero-order valence-corrected chi connectivity index (χ0v) is 18.5. The minimum absolute atomic E-state index is 0.0268. The van der Waals surface area contributed by atoms with Crippen molar-refractivity contribution >= 4 is 13.7 Å². The van der Waals surface area contributed by atoms with E-state index in [4.69, 9.17) is 20.3 Å². The summed E-state index contributed by atoms with van der Waals surface area (Å²) in [5, 5.41) is 29.8. The Hall–Kier alpha value is -1.64. The molecule has 5 atom stereocenters. The zero-order valence-electron chi connectivity index (χ0n) is 17.6. The molecule has 2 rings (SSSR count). The Labute approximate surface area is 176 Å². The standard InChI is InChI=1S/C18H30N5O6P/c1-11(2)23(12(3)4)30(27,9-5-7-19)28-10-13-15(24)16(25)17(29-13)22-8-6-14(20)21-18(22)26/h6,8,11-13,15-17,24-25,27H,5,9-10H2,1-4H3,(H-,20,21,26)/p+1/t13-,15-,16-,17-,30?/m1/s1. The minimum atomic E-state index is -3.17.